The van der Waals surface area contributed by atoms with Crippen LogP contribution in [-0.4, -0.2) is 18.5 Å². The van der Waals surface area contributed by atoms with Gasteiger partial charge in [-0.15, -0.1) is 11.8 Å². The molecule has 1 nitrogen and oxygen atoms in total. The van der Waals surface area contributed by atoms with Crippen molar-refractivity contribution in [3.05, 3.63) is 99.6 Å². The topological polar surface area (TPSA) is 3.24 Å². The number of thioether (sulfide) groups is 1. The highest BCUT2D eigenvalue weighted by atomic mass is 35.5. The maximum absolute atomic E-state index is 6.58. The summed E-state index contributed by atoms with van der Waals surface area (Å²) in [7, 11) is 2.18. The molecule has 0 amide bonds. The Balaban J connectivity index is 1.62. The van der Waals surface area contributed by atoms with Crippen LogP contribution in [0, 0.1) is 6.92 Å². The first-order chi connectivity index (χ1) is 13.1. The molecule has 0 unspecified atom stereocenters. The number of rotatable bonds is 4. The number of halogens is 1. The number of hydrogen-bond donors (Lipinski definition) is 0. The molecule has 1 heterocycles. The summed E-state index contributed by atoms with van der Waals surface area (Å²) in [4.78, 5) is 3.70. The van der Waals surface area contributed by atoms with Crippen LogP contribution in [0.3, 0.4) is 0 Å². The third-order valence-electron chi connectivity index (χ3n) is 5.18. The molecule has 4 rings (SSSR count). The van der Waals surface area contributed by atoms with E-state index in [0.717, 1.165) is 23.9 Å². The molecular weight excluding hydrogens is 370 g/mol. The van der Waals surface area contributed by atoms with Crippen molar-refractivity contribution in [1.82, 2.24) is 4.90 Å². The van der Waals surface area contributed by atoms with Gasteiger partial charge in [-0.3, -0.25) is 0 Å². The van der Waals surface area contributed by atoms with E-state index < -0.39 is 0 Å². The lowest BCUT2D eigenvalue weighted by molar-refractivity contribution is 0.295. The zero-order valence-corrected chi connectivity index (χ0v) is 17.4. The zero-order valence-electron chi connectivity index (χ0n) is 15.8. The molecule has 0 aromatic heterocycles. The Kier molecular flexibility index (Phi) is 5.58. The fourth-order valence-corrected chi connectivity index (χ4v) is 5.13. The standard InChI is InChI=1S/C24H24ClNS/c1-17-11-21-22(14-26(2)15-23(21)24(25)12-17)19-9-6-10-20(13-19)27-16-18-7-4-3-5-8-18/h3-13,22H,14-16H2,1-2H3/t22-/m0/s1. The largest absolute Gasteiger partial charge is 0.301 e. The van der Waals surface area contributed by atoms with Crippen molar-refractivity contribution < 1.29 is 0 Å². The van der Waals surface area contributed by atoms with E-state index in [2.05, 4.69) is 85.6 Å². The van der Waals surface area contributed by atoms with Crippen LogP contribution in [0.25, 0.3) is 0 Å². The molecule has 0 radical (unpaired) electrons. The molecule has 1 aliphatic rings. The monoisotopic (exact) mass is 393 g/mol. The molecule has 3 aromatic rings. The summed E-state index contributed by atoms with van der Waals surface area (Å²) in [6, 6.07) is 24.1. The second kappa shape index (κ2) is 8.10. The highest BCUT2D eigenvalue weighted by molar-refractivity contribution is 7.98. The molecular formula is C24H24ClNS. The lowest BCUT2D eigenvalue weighted by Crippen LogP contribution is -2.31. The fraction of sp³-hybridized carbons (Fsp3) is 0.250. The number of aryl methyl sites for hydroxylation is 1. The number of fused-ring (bicyclic) bond motifs is 1. The van der Waals surface area contributed by atoms with E-state index in [-0.39, 0.29) is 0 Å². The van der Waals surface area contributed by atoms with Crippen molar-refractivity contribution in [2.75, 3.05) is 13.6 Å². The van der Waals surface area contributed by atoms with Gasteiger partial charge in [0.1, 0.15) is 0 Å². The van der Waals surface area contributed by atoms with Gasteiger partial charge >= 0.3 is 0 Å². The van der Waals surface area contributed by atoms with Crippen LogP contribution < -0.4 is 0 Å². The van der Waals surface area contributed by atoms with Crippen molar-refractivity contribution in [3.8, 4) is 0 Å². The number of hydrogen-bond acceptors (Lipinski definition) is 2. The van der Waals surface area contributed by atoms with Gasteiger partial charge in [0, 0.05) is 34.7 Å². The molecule has 0 aliphatic carbocycles. The highest BCUT2D eigenvalue weighted by Crippen LogP contribution is 2.38. The van der Waals surface area contributed by atoms with Crippen molar-refractivity contribution in [3.63, 3.8) is 0 Å². The summed E-state index contributed by atoms with van der Waals surface area (Å²) in [5.41, 5.74) is 6.65. The zero-order chi connectivity index (χ0) is 18.8. The van der Waals surface area contributed by atoms with Crippen molar-refractivity contribution in [2.24, 2.45) is 0 Å². The van der Waals surface area contributed by atoms with Crippen LogP contribution in [-0.2, 0) is 12.3 Å². The Labute approximate surface area is 171 Å². The maximum atomic E-state index is 6.58. The number of nitrogens with zero attached hydrogens (tertiary/aromatic N) is 1. The lowest BCUT2D eigenvalue weighted by atomic mass is 9.84. The molecule has 0 N–H and O–H groups in total. The normalized spacial score (nSPS) is 16.9. The molecule has 1 aliphatic heterocycles. The third kappa shape index (κ3) is 4.24. The molecule has 0 fully saturated rings. The van der Waals surface area contributed by atoms with Crippen LogP contribution in [0.1, 0.15) is 33.7 Å². The lowest BCUT2D eigenvalue weighted by Gasteiger charge is -2.33. The van der Waals surface area contributed by atoms with Crippen LogP contribution in [0.2, 0.25) is 5.02 Å². The summed E-state index contributed by atoms with van der Waals surface area (Å²) >= 11 is 8.48. The number of benzene rings is 3. The fourth-order valence-electron chi connectivity index (χ4n) is 3.87. The van der Waals surface area contributed by atoms with Crippen LogP contribution in [0.5, 0.6) is 0 Å². The summed E-state index contributed by atoms with van der Waals surface area (Å²) in [6.07, 6.45) is 0. The van der Waals surface area contributed by atoms with Gasteiger partial charge in [0.05, 0.1) is 0 Å². The molecule has 3 aromatic carbocycles. The van der Waals surface area contributed by atoms with E-state index in [4.69, 9.17) is 11.6 Å². The minimum atomic E-state index is 0.369. The summed E-state index contributed by atoms with van der Waals surface area (Å²) in [5.74, 6) is 1.37. The van der Waals surface area contributed by atoms with Gasteiger partial charge in [0.2, 0.25) is 0 Å². The SMILES string of the molecule is Cc1cc(Cl)c2c(c1)[C@H](c1cccc(SCc3ccccc3)c1)CN(C)C2. The Morgan fingerprint density at radius 2 is 1.85 bits per heavy atom. The highest BCUT2D eigenvalue weighted by Gasteiger charge is 2.26. The first-order valence-corrected chi connectivity index (χ1v) is 10.7. The first-order valence-electron chi connectivity index (χ1n) is 9.34. The summed E-state index contributed by atoms with van der Waals surface area (Å²) < 4.78 is 0. The second-order valence-electron chi connectivity index (χ2n) is 7.41. The van der Waals surface area contributed by atoms with Gasteiger partial charge in [-0.1, -0.05) is 60.1 Å². The molecule has 0 saturated carbocycles. The van der Waals surface area contributed by atoms with Crippen molar-refractivity contribution in [1.29, 1.82) is 0 Å². The van der Waals surface area contributed by atoms with E-state index in [9.17, 15) is 0 Å². The Hall–Kier alpha value is -1.74. The number of likely N-dealkylation sites (N-methyl/N-ethyl adjacent to an activating group) is 1. The predicted molar refractivity (Wildman–Crippen MR) is 117 cm³/mol. The van der Waals surface area contributed by atoms with E-state index >= 15 is 0 Å². The van der Waals surface area contributed by atoms with Crippen LogP contribution in [0.4, 0.5) is 0 Å². The van der Waals surface area contributed by atoms with E-state index in [1.54, 1.807) is 0 Å². The smallest absolute Gasteiger partial charge is 0.0456 e. The van der Waals surface area contributed by atoms with E-state index in [1.807, 2.05) is 11.8 Å². The Morgan fingerprint density at radius 3 is 2.67 bits per heavy atom. The predicted octanol–water partition coefficient (Wildman–Crippen LogP) is 6.52. The van der Waals surface area contributed by atoms with E-state index in [0.29, 0.717) is 5.92 Å². The van der Waals surface area contributed by atoms with Gasteiger partial charge in [0.15, 0.2) is 0 Å². The molecule has 138 valence electrons. The molecule has 1 atom stereocenters. The molecule has 3 heteroatoms. The average molecular weight is 394 g/mol. The maximum Gasteiger partial charge on any atom is 0.0456 e. The molecule has 0 bridgehead atoms. The third-order valence-corrected chi connectivity index (χ3v) is 6.58. The van der Waals surface area contributed by atoms with Gasteiger partial charge in [-0.05, 0) is 60.0 Å². The van der Waals surface area contributed by atoms with E-state index in [1.165, 1.54) is 32.7 Å². The molecule has 27 heavy (non-hydrogen) atoms. The minimum absolute atomic E-state index is 0.369. The van der Waals surface area contributed by atoms with Gasteiger partial charge in [0.25, 0.3) is 0 Å². The first kappa shape index (κ1) is 18.6. The van der Waals surface area contributed by atoms with Gasteiger partial charge in [-0.25, -0.2) is 0 Å². The van der Waals surface area contributed by atoms with Crippen molar-refractivity contribution >= 4 is 23.4 Å². The minimum Gasteiger partial charge on any atom is -0.301 e. The van der Waals surface area contributed by atoms with Crippen LogP contribution >= 0.6 is 23.4 Å². The molecule has 0 saturated heterocycles. The van der Waals surface area contributed by atoms with Crippen molar-refractivity contribution in [2.45, 2.75) is 30.0 Å². The Bertz CT molecular complexity index is 938. The quantitative estimate of drug-likeness (QED) is 0.464. The summed E-state index contributed by atoms with van der Waals surface area (Å²) in [6.45, 7) is 4.08. The van der Waals surface area contributed by atoms with Crippen LogP contribution in [0.15, 0.2) is 71.6 Å². The van der Waals surface area contributed by atoms with Gasteiger partial charge in [-0.2, -0.15) is 0 Å². The summed E-state index contributed by atoms with van der Waals surface area (Å²) in [5, 5.41) is 0.899. The average Bonchev–Trinajstić information content (AvgIpc) is 2.67. The Morgan fingerprint density at radius 1 is 1.04 bits per heavy atom. The van der Waals surface area contributed by atoms with Gasteiger partial charge < -0.3 is 4.90 Å². The molecule has 0 spiro atoms. The second-order valence-corrected chi connectivity index (χ2v) is 8.87.